The lowest BCUT2D eigenvalue weighted by molar-refractivity contribution is -0.138. The van der Waals surface area contributed by atoms with Crippen molar-refractivity contribution in [2.45, 2.75) is 6.42 Å². The van der Waals surface area contributed by atoms with E-state index in [-0.39, 0.29) is 17.6 Å². The molecule has 1 amide bonds. The molecule has 20 heavy (non-hydrogen) atoms. The van der Waals surface area contributed by atoms with Crippen LogP contribution in [-0.2, 0) is 19.6 Å². The molecule has 8 heteroatoms. The molecule has 0 spiro atoms. The Balaban J connectivity index is 1.79. The molecule has 0 aromatic heterocycles. The van der Waals surface area contributed by atoms with Gasteiger partial charge < -0.3 is 15.0 Å². The van der Waals surface area contributed by atoms with Gasteiger partial charge in [-0.2, -0.15) is 4.31 Å². The summed E-state index contributed by atoms with van der Waals surface area (Å²) in [6.07, 6.45) is 0.506. The summed E-state index contributed by atoms with van der Waals surface area (Å²) in [5.74, 6) is 0.349. The fourth-order valence-corrected chi connectivity index (χ4v) is 3.88. The lowest BCUT2D eigenvalue weighted by atomic mass is 10.0. The predicted molar refractivity (Wildman–Crippen MR) is 74.8 cm³/mol. The summed E-state index contributed by atoms with van der Waals surface area (Å²) in [5, 5.41) is 3.08. The Hall–Kier alpha value is -0.700. The molecule has 2 aliphatic heterocycles. The summed E-state index contributed by atoms with van der Waals surface area (Å²) >= 11 is 0. The SMILES string of the molecule is COCCCS(=O)(=O)N1CCN(C(=O)C2CNC2)CC1. The van der Waals surface area contributed by atoms with E-state index >= 15 is 0 Å². The highest BCUT2D eigenvalue weighted by molar-refractivity contribution is 7.89. The van der Waals surface area contributed by atoms with Crippen molar-refractivity contribution >= 4 is 15.9 Å². The number of ether oxygens (including phenoxy) is 1. The Morgan fingerprint density at radius 3 is 2.40 bits per heavy atom. The second kappa shape index (κ2) is 6.84. The number of methoxy groups -OCH3 is 1. The minimum atomic E-state index is -3.21. The molecule has 2 aliphatic rings. The molecule has 2 rings (SSSR count). The van der Waals surface area contributed by atoms with E-state index in [0.29, 0.717) is 39.2 Å². The van der Waals surface area contributed by atoms with Crippen molar-refractivity contribution in [3.8, 4) is 0 Å². The van der Waals surface area contributed by atoms with Gasteiger partial charge >= 0.3 is 0 Å². The highest BCUT2D eigenvalue weighted by Gasteiger charge is 2.33. The van der Waals surface area contributed by atoms with Crippen molar-refractivity contribution in [3.63, 3.8) is 0 Å². The van der Waals surface area contributed by atoms with Crippen molar-refractivity contribution in [2.24, 2.45) is 5.92 Å². The number of piperazine rings is 1. The number of nitrogens with zero attached hydrogens (tertiary/aromatic N) is 2. The Bertz CT molecular complexity index is 428. The molecule has 1 N–H and O–H groups in total. The molecule has 2 saturated heterocycles. The quantitative estimate of drug-likeness (QED) is 0.618. The summed E-state index contributed by atoms with van der Waals surface area (Å²) in [6, 6.07) is 0. The van der Waals surface area contributed by atoms with Crippen LogP contribution >= 0.6 is 0 Å². The molecular weight excluding hydrogens is 282 g/mol. The van der Waals surface area contributed by atoms with Crippen LogP contribution in [0.5, 0.6) is 0 Å². The maximum atomic E-state index is 12.1. The first-order valence-corrected chi connectivity index (χ1v) is 8.62. The van der Waals surface area contributed by atoms with Gasteiger partial charge in [0.05, 0.1) is 11.7 Å². The second-order valence-corrected chi connectivity index (χ2v) is 7.33. The van der Waals surface area contributed by atoms with Crippen LogP contribution in [0, 0.1) is 5.92 Å². The first kappa shape index (κ1) is 15.7. The molecule has 2 fully saturated rings. The number of carbonyl (C=O) groups excluding carboxylic acids is 1. The average molecular weight is 305 g/mol. The standard InChI is InChI=1S/C12H23N3O4S/c1-19-7-2-8-20(17,18)15-5-3-14(4-6-15)12(16)11-9-13-10-11/h11,13H,2-10H2,1H3. The maximum absolute atomic E-state index is 12.1. The van der Waals surface area contributed by atoms with Gasteiger partial charge in [0.1, 0.15) is 0 Å². The maximum Gasteiger partial charge on any atom is 0.228 e. The zero-order chi connectivity index (χ0) is 14.6. The lowest BCUT2D eigenvalue weighted by Gasteiger charge is -2.38. The van der Waals surface area contributed by atoms with Gasteiger partial charge in [-0.25, -0.2) is 8.42 Å². The van der Waals surface area contributed by atoms with E-state index in [1.165, 1.54) is 4.31 Å². The summed E-state index contributed by atoms with van der Waals surface area (Å²) in [5.41, 5.74) is 0. The minimum Gasteiger partial charge on any atom is -0.385 e. The number of carbonyl (C=O) groups is 1. The summed E-state index contributed by atoms with van der Waals surface area (Å²) in [7, 11) is -1.65. The lowest BCUT2D eigenvalue weighted by Crippen LogP contribution is -2.57. The van der Waals surface area contributed by atoms with Crippen molar-refractivity contribution in [1.82, 2.24) is 14.5 Å². The summed E-state index contributed by atoms with van der Waals surface area (Å²) < 4.78 is 30.6. The molecule has 0 saturated carbocycles. The van der Waals surface area contributed by atoms with Crippen LogP contribution in [0.25, 0.3) is 0 Å². The molecule has 0 aromatic carbocycles. The molecule has 0 bridgehead atoms. The van der Waals surface area contributed by atoms with Gasteiger partial charge in [0, 0.05) is 53.0 Å². The molecular formula is C12H23N3O4S. The van der Waals surface area contributed by atoms with Gasteiger partial charge in [-0.05, 0) is 6.42 Å². The van der Waals surface area contributed by atoms with E-state index in [1.54, 1.807) is 12.0 Å². The van der Waals surface area contributed by atoms with Crippen LogP contribution in [0.1, 0.15) is 6.42 Å². The molecule has 0 unspecified atom stereocenters. The van der Waals surface area contributed by atoms with Crippen LogP contribution < -0.4 is 5.32 Å². The Labute approximate surface area is 120 Å². The summed E-state index contributed by atoms with van der Waals surface area (Å²) in [4.78, 5) is 13.8. The monoisotopic (exact) mass is 305 g/mol. The van der Waals surface area contributed by atoms with Gasteiger partial charge in [0.25, 0.3) is 0 Å². The van der Waals surface area contributed by atoms with Gasteiger partial charge in [0.2, 0.25) is 15.9 Å². The second-order valence-electron chi connectivity index (χ2n) is 5.24. The molecule has 2 heterocycles. The normalized spacial score (nSPS) is 21.8. The average Bonchev–Trinajstić information content (AvgIpc) is 2.37. The topological polar surface area (TPSA) is 79.0 Å². The molecule has 0 aliphatic carbocycles. The molecule has 0 radical (unpaired) electrons. The predicted octanol–water partition coefficient (Wildman–Crippen LogP) is -1.28. The number of sulfonamides is 1. The van der Waals surface area contributed by atoms with Crippen LogP contribution in [0.3, 0.4) is 0 Å². The summed E-state index contributed by atoms with van der Waals surface area (Å²) in [6.45, 7) is 3.75. The number of rotatable bonds is 6. The fourth-order valence-electron chi connectivity index (χ4n) is 2.42. The Kier molecular flexibility index (Phi) is 5.36. The van der Waals surface area contributed by atoms with E-state index < -0.39 is 10.0 Å². The van der Waals surface area contributed by atoms with E-state index in [2.05, 4.69) is 5.32 Å². The molecule has 7 nitrogen and oxygen atoms in total. The van der Waals surface area contributed by atoms with E-state index in [0.717, 1.165) is 13.1 Å². The minimum absolute atomic E-state index is 0.0832. The van der Waals surface area contributed by atoms with Crippen LogP contribution in [0.4, 0.5) is 0 Å². The highest BCUT2D eigenvalue weighted by atomic mass is 32.2. The fraction of sp³-hybridized carbons (Fsp3) is 0.917. The van der Waals surface area contributed by atoms with E-state index in [1.807, 2.05) is 0 Å². The first-order valence-electron chi connectivity index (χ1n) is 7.01. The van der Waals surface area contributed by atoms with Gasteiger partial charge in [-0.1, -0.05) is 0 Å². The van der Waals surface area contributed by atoms with Crippen LogP contribution in [0.2, 0.25) is 0 Å². The Morgan fingerprint density at radius 1 is 1.25 bits per heavy atom. The third kappa shape index (κ3) is 3.69. The highest BCUT2D eigenvalue weighted by Crippen LogP contribution is 2.13. The third-order valence-corrected chi connectivity index (χ3v) is 5.78. The number of hydrogen-bond acceptors (Lipinski definition) is 5. The molecule has 116 valence electrons. The van der Waals surface area contributed by atoms with Gasteiger partial charge in [-0.3, -0.25) is 4.79 Å². The van der Waals surface area contributed by atoms with E-state index in [9.17, 15) is 13.2 Å². The number of nitrogens with one attached hydrogen (secondary N) is 1. The van der Waals surface area contributed by atoms with Crippen LogP contribution in [-0.4, -0.2) is 82.3 Å². The van der Waals surface area contributed by atoms with Gasteiger partial charge in [-0.15, -0.1) is 0 Å². The third-order valence-electron chi connectivity index (χ3n) is 3.83. The van der Waals surface area contributed by atoms with Crippen molar-refractivity contribution in [3.05, 3.63) is 0 Å². The van der Waals surface area contributed by atoms with Crippen molar-refractivity contribution < 1.29 is 17.9 Å². The Morgan fingerprint density at radius 2 is 1.90 bits per heavy atom. The largest absolute Gasteiger partial charge is 0.385 e. The zero-order valence-corrected chi connectivity index (χ0v) is 12.7. The molecule has 0 atom stereocenters. The van der Waals surface area contributed by atoms with E-state index in [4.69, 9.17) is 4.74 Å². The smallest absolute Gasteiger partial charge is 0.228 e. The zero-order valence-electron chi connectivity index (χ0n) is 11.9. The van der Waals surface area contributed by atoms with Crippen molar-refractivity contribution in [2.75, 3.05) is 58.7 Å². The van der Waals surface area contributed by atoms with Gasteiger partial charge in [0.15, 0.2) is 0 Å². The number of hydrogen-bond donors (Lipinski definition) is 1. The first-order chi connectivity index (χ1) is 9.54. The van der Waals surface area contributed by atoms with Crippen LogP contribution in [0.15, 0.2) is 0 Å². The van der Waals surface area contributed by atoms with Crippen molar-refractivity contribution in [1.29, 1.82) is 0 Å². The molecule has 0 aromatic rings. The number of amides is 1.